The molecule has 8 nitrogen and oxygen atoms in total. The van der Waals surface area contributed by atoms with E-state index >= 15 is 0 Å². The van der Waals surface area contributed by atoms with Gasteiger partial charge in [0.25, 0.3) is 5.91 Å². The fourth-order valence-corrected chi connectivity index (χ4v) is 3.74. The van der Waals surface area contributed by atoms with Gasteiger partial charge in [0.1, 0.15) is 11.6 Å². The molecule has 0 bridgehead atoms. The van der Waals surface area contributed by atoms with E-state index in [1.165, 1.54) is 10.5 Å². The highest BCUT2D eigenvalue weighted by molar-refractivity contribution is 6.01. The lowest BCUT2D eigenvalue weighted by molar-refractivity contribution is 0.0964. The average Bonchev–Trinajstić information content (AvgIpc) is 2.88. The number of fused-ring (bicyclic) bond motifs is 1. The third-order valence-electron chi connectivity index (χ3n) is 5.97. The maximum absolute atomic E-state index is 13.0. The molecule has 1 aromatic carbocycles. The van der Waals surface area contributed by atoms with Gasteiger partial charge in [-0.1, -0.05) is 32.6 Å². The number of amidine groups is 1. The first kappa shape index (κ1) is 30.8. The molecule has 1 unspecified atom stereocenters. The van der Waals surface area contributed by atoms with Gasteiger partial charge in [-0.3, -0.25) is 20.5 Å². The van der Waals surface area contributed by atoms with Crippen LogP contribution in [0.3, 0.4) is 0 Å². The Morgan fingerprint density at radius 1 is 1.31 bits per heavy atom. The summed E-state index contributed by atoms with van der Waals surface area (Å²) in [5, 5.41) is 27.8. The molecule has 1 amide bonds. The molecule has 1 atom stereocenters. The van der Waals surface area contributed by atoms with Crippen LogP contribution >= 0.6 is 0 Å². The Hall–Kier alpha value is -3.23. The molecule has 36 heavy (non-hydrogen) atoms. The number of ether oxygens (including phenoxy) is 1. The van der Waals surface area contributed by atoms with Crippen LogP contribution in [0.15, 0.2) is 48.2 Å². The van der Waals surface area contributed by atoms with Gasteiger partial charge in [0.05, 0.1) is 31.7 Å². The van der Waals surface area contributed by atoms with E-state index in [0.29, 0.717) is 28.6 Å². The number of allylic oxidation sites excluding steroid dienone is 3. The molecular weight excluding hydrogens is 454 g/mol. The van der Waals surface area contributed by atoms with E-state index in [2.05, 4.69) is 30.6 Å². The Morgan fingerprint density at radius 2 is 1.97 bits per heavy atom. The maximum Gasteiger partial charge on any atom is 0.259 e. The molecule has 0 spiro atoms. The van der Waals surface area contributed by atoms with E-state index in [1.54, 1.807) is 39.2 Å². The molecule has 0 aliphatic carbocycles. The number of carbonyl (C=O) groups is 1. The number of hydrogen-bond donors (Lipinski definition) is 4. The molecule has 0 aromatic heterocycles. The highest BCUT2D eigenvalue weighted by Crippen LogP contribution is 2.29. The third-order valence-corrected chi connectivity index (χ3v) is 5.97. The molecule has 8 heteroatoms. The molecule has 4 N–H and O–H groups in total. The molecule has 198 valence electrons. The van der Waals surface area contributed by atoms with E-state index in [0.717, 1.165) is 31.4 Å². The van der Waals surface area contributed by atoms with Crippen molar-refractivity contribution in [2.45, 2.75) is 66.6 Å². The Labute approximate surface area is 216 Å². The monoisotopic (exact) mass is 497 g/mol. The second kappa shape index (κ2) is 15.0. The zero-order valence-corrected chi connectivity index (χ0v) is 22.8. The minimum atomic E-state index is -0.370. The van der Waals surface area contributed by atoms with Crippen LogP contribution in [0.1, 0.15) is 63.0 Å². The van der Waals surface area contributed by atoms with E-state index in [-0.39, 0.29) is 24.4 Å². The normalized spacial score (nSPS) is 14.4. The van der Waals surface area contributed by atoms with Crippen LogP contribution in [0, 0.1) is 10.8 Å². The summed E-state index contributed by atoms with van der Waals surface area (Å²) in [5.41, 5.74) is 3.81. The van der Waals surface area contributed by atoms with Gasteiger partial charge in [0.2, 0.25) is 0 Å². The van der Waals surface area contributed by atoms with Crippen molar-refractivity contribution in [3.63, 3.8) is 0 Å². The SMILES string of the molecule is C=C(/C=C\C=C(/C)C(=N)N(C=N)C(C)CO)NC(=O)c1cc2c(cc1OC)CCN(C(C)C)C2.CC. The number of methoxy groups -OCH3 is 1. The first-order valence-corrected chi connectivity index (χ1v) is 12.4. The Bertz CT molecular complexity index is 997. The molecule has 0 radical (unpaired) electrons. The summed E-state index contributed by atoms with van der Waals surface area (Å²) in [6.07, 6.45) is 6.97. The standard InChI is InChI=1S/C26H37N5O3.C2H6/c1-17(2)30-11-10-21-13-24(34-6)23(12-22(21)14-30)26(33)29-19(4)9-7-8-18(3)25(28)31(16-27)20(5)15-32;1-2/h7-9,12-13,16-17,20,27-28,32H,4,10-11,14-15H2,1-3,5-6H3,(H,29,33);1-2H3/b9-7-,18-8+,27-16?,28-25?;. The molecule has 0 saturated heterocycles. The van der Waals surface area contributed by atoms with Crippen molar-refractivity contribution in [3.05, 3.63) is 64.9 Å². The molecular formula is C28H43N5O3. The summed E-state index contributed by atoms with van der Waals surface area (Å²) in [6, 6.07) is 3.94. The summed E-state index contributed by atoms with van der Waals surface area (Å²) < 4.78 is 5.49. The fourth-order valence-electron chi connectivity index (χ4n) is 3.74. The second-order valence-corrected chi connectivity index (χ2v) is 8.74. The molecule has 1 heterocycles. The van der Waals surface area contributed by atoms with Gasteiger partial charge in [-0.2, -0.15) is 0 Å². The minimum absolute atomic E-state index is 0.116. The number of carbonyl (C=O) groups excluding carboxylic acids is 1. The highest BCUT2D eigenvalue weighted by Gasteiger charge is 2.23. The second-order valence-electron chi connectivity index (χ2n) is 8.74. The van der Waals surface area contributed by atoms with Crippen molar-refractivity contribution in [2.24, 2.45) is 0 Å². The van der Waals surface area contributed by atoms with E-state index in [4.69, 9.17) is 15.6 Å². The molecule has 0 fully saturated rings. The topological polar surface area (TPSA) is 113 Å². The number of nitrogens with zero attached hydrogens (tertiary/aromatic N) is 2. The van der Waals surface area contributed by atoms with E-state index < -0.39 is 0 Å². The smallest absolute Gasteiger partial charge is 0.259 e. The third kappa shape index (κ3) is 8.17. The highest BCUT2D eigenvalue weighted by atomic mass is 16.5. The predicted octanol–water partition coefficient (Wildman–Crippen LogP) is 4.50. The van der Waals surface area contributed by atoms with Crippen LogP contribution in [-0.4, -0.2) is 65.3 Å². The number of nitrogens with one attached hydrogen (secondary N) is 3. The summed E-state index contributed by atoms with van der Waals surface area (Å²) in [4.78, 5) is 16.7. The number of benzene rings is 1. The van der Waals surface area contributed by atoms with Gasteiger partial charge in [0.15, 0.2) is 0 Å². The molecule has 1 aliphatic rings. The first-order valence-electron chi connectivity index (χ1n) is 12.4. The number of rotatable bonds is 10. The first-order chi connectivity index (χ1) is 17.1. The lowest BCUT2D eigenvalue weighted by Crippen LogP contribution is -2.39. The molecule has 2 rings (SSSR count). The van der Waals surface area contributed by atoms with Crippen LogP contribution in [-0.2, 0) is 13.0 Å². The lowest BCUT2D eigenvalue weighted by atomic mass is 9.95. The van der Waals surface area contributed by atoms with Crippen LogP contribution < -0.4 is 10.1 Å². The lowest BCUT2D eigenvalue weighted by Gasteiger charge is -2.32. The van der Waals surface area contributed by atoms with Crippen LogP contribution in [0.5, 0.6) is 5.75 Å². The number of amides is 1. The van der Waals surface area contributed by atoms with E-state index in [1.807, 2.05) is 26.0 Å². The molecule has 0 saturated carbocycles. The predicted molar refractivity (Wildman–Crippen MR) is 148 cm³/mol. The number of aliphatic hydroxyl groups excluding tert-OH is 1. The van der Waals surface area contributed by atoms with E-state index in [9.17, 15) is 9.90 Å². The van der Waals surface area contributed by atoms with Crippen LogP contribution in [0.25, 0.3) is 0 Å². The Balaban J connectivity index is 0.00000316. The zero-order chi connectivity index (χ0) is 27.4. The van der Waals surface area contributed by atoms with Gasteiger partial charge in [-0.15, -0.1) is 0 Å². The largest absolute Gasteiger partial charge is 0.496 e. The van der Waals surface area contributed by atoms with Crippen molar-refractivity contribution in [3.8, 4) is 5.75 Å². The minimum Gasteiger partial charge on any atom is -0.496 e. The van der Waals surface area contributed by atoms with Crippen LogP contribution in [0.4, 0.5) is 0 Å². The van der Waals surface area contributed by atoms with Crippen LogP contribution in [0.2, 0.25) is 0 Å². The summed E-state index contributed by atoms with van der Waals surface area (Å²) in [7, 11) is 1.56. The Kier molecular flexibility index (Phi) is 12.8. The van der Waals surface area contributed by atoms with Gasteiger partial charge in [0, 0.05) is 24.8 Å². The average molecular weight is 498 g/mol. The molecule has 1 aromatic rings. The summed E-state index contributed by atoms with van der Waals surface area (Å²) >= 11 is 0. The van der Waals surface area contributed by atoms with Gasteiger partial charge in [-0.05, 0) is 69.0 Å². The number of hydrogen-bond acceptors (Lipinski definition) is 6. The molecule has 1 aliphatic heterocycles. The van der Waals surface area contributed by atoms with Crippen molar-refractivity contribution in [1.82, 2.24) is 15.1 Å². The summed E-state index contributed by atoms with van der Waals surface area (Å²) in [6.45, 7) is 17.4. The maximum atomic E-state index is 13.0. The van der Waals surface area contributed by atoms with Crippen molar-refractivity contribution in [2.75, 3.05) is 20.3 Å². The van der Waals surface area contributed by atoms with Crippen molar-refractivity contribution >= 4 is 18.1 Å². The van der Waals surface area contributed by atoms with Gasteiger partial charge in [-0.25, -0.2) is 0 Å². The zero-order valence-electron chi connectivity index (χ0n) is 22.8. The fraction of sp³-hybridized carbons (Fsp3) is 0.464. The number of aliphatic hydroxyl groups is 1. The summed E-state index contributed by atoms with van der Waals surface area (Å²) in [5.74, 6) is 0.362. The quantitative estimate of drug-likeness (QED) is 0.216. The van der Waals surface area contributed by atoms with Gasteiger partial charge < -0.3 is 20.1 Å². The Morgan fingerprint density at radius 3 is 2.53 bits per heavy atom. The van der Waals surface area contributed by atoms with Gasteiger partial charge >= 0.3 is 0 Å². The van der Waals surface area contributed by atoms with Crippen molar-refractivity contribution < 1.29 is 14.6 Å². The van der Waals surface area contributed by atoms with Crippen molar-refractivity contribution in [1.29, 1.82) is 10.8 Å².